The maximum absolute atomic E-state index is 12.6. The van der Waals surface area contributed by atoms with E-state index in [2.05, 4.69) is 10.3 Å². The number of carbonyl (C=O) groups excluding carboxylic acids is 2. The van der Waals surface area contributed by atoms with Crippen molar-refractivity contribution in [3.05, 3.63) is 65.5 Å². The van der Waals surface area contributed by atoms with Crippen LogP contribution in [0.3, 0.4) is 0 Å². The Morgan fingerprint density at radius 1 is 1.00 bits per heavy atom. The number of likely N-dealkylation sites (N-methyl/N-ethyl adjacent to an activating group) is 2. The third kappa shape index (κ3) is 5.97. The molecule has 0 bridgehead atoms. The van der Waals surface area contributed by atoms with Crippen LogP contribution in [0.5, 0.6) is 0 Å². The number of benzene rings is 1. The number of nitrogens with one attached hydrogen (secondary N) is 1. The third-order valence-corrected chi connectivity index (χ3v) is 4.05. The van der Waals surface area contributed by atoms with Gasteiger partial charge < -0.3 is 15.1 Å². The predicted octanol–water partition coefficient (Wildman–Crippen LogP) is 1.69. The van der Waals surface area contributed by atoms with Crippen molar-refractivity contribution in [1.29, 1.82) is 0 Å². The molecule has 2 rings (SSSR count). The molecule has 2 amide bonds. The number of nitrogens with zero attached hydrogens (tertiary/aromatic N) is 3. The first kappa shape index (κ1) is 19.6. The Labute approximate surface area is 154 Å². The fraction of sp³-hybridized carbons (Fsp3) is 0.350. The average molecular weight is 354 g/mol. The van der Waals surface area contributed by atoms with Gasteiger partial charge in [0.15, 0.2) is 0 Å². The van der Waals surface area contributed by atoms with Crippen molar-refractivity contribution in [2.24, 2.45) is 0 Å². The molecule has 0 saturated heterocycles. The molecule has 0 aliphatic heterocycles. The molecule has 26 heavy (non-hydrogen) atoms. The maximum Gasteiger partial charge on any atom is 0.253 e. The quantitative estimate of drug-likeness (QED) is 0.783. The molecule has 0 unspecified atom stereocenters. The van der Waals surface area contributed by atoms with Crippen LogP contribution in [0.1, 0.15) is 26.3 Å². The molecule has 138 valence electrons. The Bertz CT molecular complexity index is 732. The zero-order chi connectivity index (χ0) is 18.9. The van der Waals surface area contributed by atoms with Crippen LogP contribution in [0.2, 0.25) is 0 Å². The number of carbonyl (C=O) groups is 2. The lowest BCUT2D eigenvalue weighted by atomic mass is 10.1. The van der Waals surface area contributed by atoms with Crippen LogP contribution in [0.4, 0.5) is 0 Å². The van der Waals surface area contributed by atoms with Gasteiger partial charge in [-0.3, -0.25) is 14.6 Å². The van der Waals surface area contributed by atoms with Gasteiger partial charge in [0.2, 0.25) is 0 Å². The van der Waals surface area contributed by atoms with Crippen molar-refractivity contribution < 1.29 is 9.59 Å². The van der Waals surface area contributed by atoms with E-state index < -0.39 is 0 Å². The molecule has 0 fully saturated rings. The average Bonchev–Trinajstić information content (AvgIpc) is 2.66. The Morgan fingerprint density at radius 2 is 1.69 bits per heavy atom. The zero-order valence-electron chi connectivity index (χ0n) is 15.6. The predicted molar refractivity (Wildman–Crippen MR) is 102 cm³/mol. The van der Waals surface area contributed by atoms with E-state index in [0.717, 1.165) is 18.5 Å². The van der Waals surface area contributed by atoms with Gasteiger partial charge in [-0.15, -0.1) is 0 Å². The van der Waals surface area contributed by atoms with Gasteiger partial charge in [-0.2, -0.15) is 0 Å². The minimum absolute atomic E-state index is 0.0954. The van der Waals surface area contributed by atoms with Crippen molar-refractivity contribution in [1.82, 2.24) is 20.1 Å². The van der Waals surface area contributed by atoms with Gasteiger partial charge in [-0.25, -0.2) is 0 Å². The van der Waals surface area contributed by atoms with Crippen molar-refractivity contribution in [2.75, 3.05) is 40.8 Å². The van der Waals surface area contributed by atoms with Gasteiger partial charge >= 0.3 is 0 Å². The second-order valence-corrected chi connectivity index (χ2v) is 6.47. The summed E-state index contributed by atoms with van der Waals surface area (Å²) in [6.07, 6.45) is 4.25. The molecule has 0 aliphatic carbocycles. The Kier molecular flexibility index (Phi) is 7.29. The highest BCUT2D eigenvalue weighted by Crippen LogP contribution is 2.09. The van der Waals surface area contributed by atoms with Crippen molar-refractivity contribution >= 4 is 11.8 Å². The van der Waals surface area contributed by atoms with E-state index >= 15 is 0 Å². The molecule has 0 atom stereocenters. The summed E-state index contributed by atoms with van der Waals surface area (Å²) in [4.78, 5) is 32.5. The highest BCUT2D eigenvalue weighted by molar-refractivity contribution is 5.99. The van der Waals surface area contributed by atoms with Crippen LogP contribution in [-0.4, -0.2) is 67.4 Å². The van der Waals surface area contributed by atoms with Gasteiger partial charge in [0.25, 0.3) is 11.8 Å². The van der Waals surface area contributed by atoms with Gasteiger partial charge in [0.05, 0.1) is 0 Å². The van der Waals surface area contributed by atoms with E-state index in [9.17, 15) is 9.59 Å². The largest absolute Gasteiger partial charge is 0.351 e. The summed E-state index contributed by atoms with van der Waals surface area (Å²) in [5.74, 6) is -0.261. The lowest BCUT2D eigenvalue weighted by Gasteiger charge is -2.17. The zero-order valence-corrected chi connectivity index (χ0v) is 15.6. The standard InChI is InChI=1S/C20H26N4O2/c1-23(2)14-12-22-19(25)17-5-4-6-18(15-17)20(26)24(3)13-9-16-7-10-21-11-8-16/h4-8,10-11,15H,9,12-14H2,1-3H3,(H,22,25). The lowest BCUT2D eigenvalue weighted by molar-refractivity contribution is 0.0796. The summed E-state index contributed by atoms with van der Waals surface area (Å²) in [6.45, 7) is 1.93. The van der Waals surface area contributed by atoms with Crippen LogP contribution in [-0.2, 0) is 6.42 Å². The van der Waals surface area contributed by atoms with Crippen LogP contribution in [0.15, 0.2) is 48.8 Å². The van der Waals surface area contributed by atoms with E-state index in [4.69, 9.17) is 0 Å². The van der Waals surface area contributed by atoms with Crippen LogP contribution >= 0.6 is 0 Å². The van der Waals surface area contributed by atoms with E-state index in [1.165, 1.54) is 0 Å². The van der Waals surface area contributed by atoms with Crippen LogP contribution in [0, 0.1) is 0 Å². The number of rotatable bonds is 8. The Balaban J connectivity index is 1.94. The summed E-state index contributed by atoms with van der Waals surface area (Å²) in [5.41, 5.74) is 2.15. The lowest BCUT2D eigenvalue weighted by Crippen LogP contribution is -2.32. The molecule has 1 heterocycles. The SMILES string of the molecule is CN(C)CCNC(=O)c1cccc(C(=O)N(C)CCc2ccncc2)c1. The van der Waals surface area contributed by atoms with E-state index in [-0.39, 0.29) is 11.8 Å². The molecule has 1 aromatic heterocycles. The topological polar surface area (TPSA) is 65.5 Å². The molecule has 1 aromatic carbocycles. The molecule has 0 saturated carbocycles. The van der Waals surface area contributed by atoms with Gasteiger partial charge in [-0.1, -0.05) is 6.07 Å². The second-order valence-electron chi connectivity index (χ2n) is 6.47. The van der Waals surface area contributed by atoms with Gasteiger partial charge in [-0.05, 0) is 56.4 Å². The van der Waals surface area contributed by atoms with Gasteiger partial charge in [0.1, 0.15) is 0 Å². The summed E-state index contributed by atoms with van der Waals surface area (Å²) in [5, 5.41) is 2.86. The smallest absolute Gasteiger partial charge is 0.253 e. The molecule has 6 nitrogen and oxygen atoms in total. The minimum Gasteiger partial charge on any atom is -0.351 e. The van der Waals surface area contributed by atoms with Crippen molar-refractivity contribution in [2.45, 2.75) is 6.42 Å². The highest BCUT2D eigenvalue weighted by Gasteiger charge is 2.14. The molecule has 2 aromatic rings. The first-order valence-corrected chi connectivity index (χ1v) is 8.64. The summed E-state index contributed by atoms with van der Waals surface area (Å²) < 4.78 is 0. The summed E-state index contributed by atoms with van der Waals surface area (Å²) in [6, 6.07) is 10.7. The normalized spacial score (nSPS) is 10.6. The number of aromatic nitrogens is 1. The number of amides is 2. The fourth-order valence-corrected chi connectivity index (χ4v) is 2.46. The number of hydrogen-bond donors (Lipinski definition) is 1. The van der Waals surface area contributed by atoms with E-state index in [0.29, 0.717) is 24.2 Å². The van der Waals surface area contributed by atoms with Crippen LogP contribution in [0.25, 0.3) is 0 Å². The van der Waals surface area contributed by atoms with Crippen molar-refractivity contribution in [3.8, 4) is 0 Å². The molecule has 1 N–H and O–H groups in total. The molecule has 0 spiro atoms. The van der Waals surface area contributed by atoms with Crippen molar-refractivity contribution in [3.63, 3.8) is 0 Å². The second kappa shape index (κ2) is 9.68. The molecule has 0 aliphatic rings. The molecular formula is C20H26N4O2. The number of hydrogen-bond acceptors (Lipinski definition) is 4. The molecular weight excluding hydrogens is 328 g/mol. The first-order valence-electron chi connectivity index (χ1n) is 8.64. The Morgan fingerprint density at radius 3 is 2.38 bits per heavy atom. The monoisotopic (exact) mass is 354 g/mol. The number of pyridine rings is 1. The Hall–Kier alpha value is -2.73. The van der Waals surface area contributed by atoms with Crippen LogP contribution < -0.4 is 5.32 Å². The van der Waals surface area contributed by atoms with Gasteiger partial charge in [0, 0.05) is 50.2 Å². The molecule has 6 heteroatoms. The molecule has 0 radical (unpaired) electrons. The maximum atomic E-state index is 12.6. The third-order valence-electron chi connectivity index (χ3n) is 4.05. The fourth-order valence-electron chi connectivity index (χ4n) is 2.46. The minimum atomic E-state index is -0.166. The summed E-state index contributed by atoms with van der Waals surface area (Å²) >= 11 is 0. The van der Waals surface area contributed by atoms with E-state index in [1.807, 2.05) is 31.1 Å². The highest BCUT2D eigenvalue weighted by atomic mass is 16.2. The van der Waals surface area contributed by atoms with E-state index in [1.54, 1.807) is 48.6 Å². The summed E-state index contributed by atoms with van der Waals surface area (Å²) in [7, 11) is 5.67. The first-order chi connectivity index (χ1) is 12.5.